The number of rotatable bonds is 3. The van der Waals surface area contributed by atoms with Crippen molar-refractivity contribution in [3.63, 3.8) is 0 Å². The molecule has 1 rings (SSSR count). The van der Waals surface area contributed by atoms with E-state index in [1.165, 1.54) is 0 Å². The molecule has 0 unspecified atom stereocenters. The SMILES string of the molecule is CC(C)Oc1cccc(N)c1C(C)C. The molecule has 0 fully saturated rings. The first-order chi connectivity index (χ1) is 6.52. The van der Waals surface area contributed by atoms with Gasteiger partial charge in [-0.1, -0.05) is 19.9 Å². The van der Waals surface area contributed by atoms with Crippen molar-refractivity contribution in [1.82, 2.24) is 0 Å². The molecule has 0 saturated carbocycles. The Morgan fingerprint density at radius 2 is 1.79 bits per heavy atom. The van der Waals surface area contributed by atoms with Crippen molar-refractivity contribution in [2.75, 3.05) is 5.73 Å². The number of benzene rings is 1. The molecule has 0 aromatic heterocycles. The van der Waals surface area contributed by atoms with Gasteiger partial charge in [-0.05, 0) is 31.9 Å². The zero-order valence-corrected chi connectivity index (χ0v) is 9.37. The summed E-state index contributed by atoms with van der Waals surface area (Å²) in [5.41, 5.74) is 7.85. The molecule has 2 heteroatoms. The smallest absolute Gasteiger partial charge is 0.125 e. The molecule has 0 aliphatic rings. The molecule has 0 spiro atoms. The van der Waals surface area contributed by atoms with E-state index in [1.54, 1.807) is 0 Å². The lowest BCUT2D eigenvalue weighted by Gasteiger charge is -2.18. The first-order valence-electron chi connectivity index (χ1n) is 5.07. The Morgan fingerprint density at radius 1 is 1.14 bits per heavy atom. The maximum absolute atomic E-state index is 5.92. The molecule has 78 valence electrons. The minimum absolute atomic E-state index is 0.189. The Hall–Kier alpha value is -1.18. The Balaban J connectivity index is 3.08. The highest BCUT2D eigenvalue weighted by atomic mass is 16.5. The van der Waals surface area contributed by atoms with Crippen LogP contribution in [0.25, 0.3) is 0 Å². The number of hydrogen-bond donors (Lipinski definition) is 1. The summed E-state index contributed by atoms with van der Waals surface area (Å²) in [5, 5.41) is 0. The summed E-state index contributed by atoms with van der Waals surface area (Å²) in [6, 6.07) is 5.83. The molecule has 0 heterocycles. The number of hydrogen-bond acceptors (Lipinski definition) is 2. The summed E-state index contributed by atoms with van der Waals surface area (Å²) in [6.45, 7) is 8.29. The monoisotopic (exact) mass is 193 g/mol. The van der Waals surface area contributed by atoms with Crippen LogP contribution in [0.5, 0.6) is 5.75 Å². The van der Waals surface area contributed by atoms with Crippen molar-refractivity contribution in [2.24, 2.45) is 0 Å². The molecular formula is C12H19NO. The molecule has 2 nitrogen and oxygen atoms in total. The van der Waals surface area contributed by atoms with Crippen LogP contribution >= 0.6 is 0 Å². The van der Waals surface area contributed by atoms with E-state index in [0.29, 0.717) is 5.92 Å². The van der Waals surface area contributed by atoms with Gasteiger partial charge < -0.3 is 10.5 Å². The van der Waals surface area contributed by atoms with Crippen molar-refractivity contribution < 1.29 is 4.74 Å². The molecule has 0 aliphatic carbocycles. The highest BCUT2D eigenvalue weighted by Crippen LogP contribution is 2.32. The van der Waals surface area contributed by atoms with Gasteiger partial charge >= 0.3 is 0 Å². The minimum atomic E-state index is 0.189. The van der Waals surface area contributed by atoms with E-state index in [0.717, 1.165) is 17.0 Å². The standard InChI is InChI=1S/C12H19NO/c1-8(2)12-10(13)6-5-7-11(12)14-9(3)4/h5-9H,13H2,1-4H3. The van der Waals surface area contributed by atoms with Crippen molar-refractivity contribution in [2.45, 2.75) is 39.7 Å². The second kappa shape index (κ2) is 4.36. The van der Waals surface area contributed by atoms with Gasteiger partial charge in [-0.2, -0.15) is 0 Å². The Morgan fingerprint density at radius 3 is 2.29 bits per heavy atom. The largest absolute Gasteiger partial charge is 0.491 e. The van der Waals surface area contributed by atoms with Crippen LogP contribution in [0.3, 0.4) is 0 Å². The van der Waals surface area contributed by atoms with Crippen molar-refractivity contribution in [3.05, 3.63) is 23.8 Å². The Labute approximate surface area is 86.1 Å². The maximum atomic E-state index is 5.92. The third-order valence-electron chi connectivity index (χ3n) is 2.04. The van der Waals surface area contributed by atoms with Gasteiger partial charge in [0.25, 0.3) is 0 Å². The lowest BCUT2D eigenvalue weighted by molar-refractivity contribution is 0.239. The molecule has 0 saturated heterocycles. The van der Waals surface area contributed by atoms with E-state index in [-0.39, 0.29) is 6.10 Å². The molecule has 0 amide bonds. The second-order valence-electron chi connectivity index (χ2n) is 4.08. The summed E-state index contributed by atoms with van der Waals surface area (Å²) in [6.07, 6.45) is 0.189. The maximum Gasteiger partial charge on any atom is 0.125 e. The van der Waals surface area contributed by atoms with Gasteiger partial charge in [0.05, 0.1) is 6.10 Å². The molecule has 0 aliphatic heterocycles. The zero-order chi connectivity index (χ0) is 10.7. The normalized spacial score (nSPS) is 11.0. The van der Waals surface area contributed by atoms with Crippen LogP contribution in [0.15, 0.2) is 18.2 Å². The van der Waals surface area contributed by atoms with Gasteiger partial charge in [0.1, 0.15) is 5.75 Å². The van der Waals surface area contributed by atoms with Crippen LogP contribution < -0.4 is 10.5 Å². The summed E-state index contributed by atoms with van der Waals surface area (Å²) >= 11 is 0. The van der Waals surface area contributed by atoms with E-state index in [2.05, 4.69) is 13.8 Å². The van der Waals surface area contributed by atoms with Crippen molar-refractivity contribution >= 4 is 5.69 Å². The molecular weight excluding hydrogens is 174 g/mol. The molecule has 0 bridgehead atoms. The van der Waals surface area contributed by atoms with Gasteiger partial charge in [0, 0.05) is 11.3 Å². The van der Waals surface area contributed by atoms with E-state index < -0.39 is 0 Å². The first kappa shape index (κ1) is 10.9. The van der Waals surface area contributed by atoms with Gasteiger partial charge in [0.2, 0.25) is 0 Å². The Kier molecular flexibility index (Phi) is 3.39. The first-order valence-corrected chi connectivity index (χ1v) is 5.07. The van der Waals surface area contributed by atoms with Crippen molar-refractivity contribution in [1.29, 1.82) is 0 Å². The van der Waals surface area contributed by atoms with Gasteiger partial charge in [-0.15, -0.1) is 0 Å². The fraction of sp³-hybridized carbons (Fsp3) is 0.500. The lowest BCUT2D eigenvalue weighted by atomic mass is 10.00. The minimum Gasteiger partial charge on any atom is -0.491 e. The fourth-order valence-electron chi connectivity index (χ4n) is 1.54. The molecule has 0 atom stereocenters. The molecule has 0 radical (unpaired) electrons. The van der Waals surface area contributed by atoms with Crippen molar-refractivity contribution in [3.8, 4) is 5.75 Å². The second-order valence-corrected chi connectivity index (χ2v) is 4.08. The summed E-state index contributed by atoms with van der Waals surface area (Å²) in [4.78, 5) is 0. The molecule has 14 heavy (non-hydrogen) atoms. The predicted octanol–water partition coefficient (Wildman–Crippen LogP) is 3.18. The summed E-state index contributed by atoms with van der Waals surface area (Å²) in [7, 11) is 0. The van der Waals surface area contributed by atoms with Crippen LogP contribution in [-0.2, 0) is 0 Å². The summed E-state index contributed by atoms with van der Waals surface area (Å²) in [5.74, 6) is 1.31. The van der Waals surface area contributed by atoms with E-state index in [1.807, 2.05) is 32.0 Å². The predicted molar refractivity (Wildman–Crippen MR) is 60.7 cm³/mol. The number of ether oxygens (including phenoxy) is 1. The van der Waals surface area contributed by atoms with Gasteiger partial charge in [-0.3, -0.25) is 0 Å². The number of anilines is 1. The van der Waals surface area contributed by atoms with E-state index in [9.17, 15) is 0 Å². The highest BCUT2D eigenvalue weighted by Gasteiger charge is 2.11. The zero-order valence-electron chi connectivity index (χ0n) is 9.37. The van der Waals surface area contributed by atoms with E-state index in [4.69, 9.17) is 10.5 Å². The number of nitrogens with two attached hydrogens (primary N) is 1. The number of nitrogen functional groups attached to an aromatic ring is 1. The van der Waals surface area contributed by atoms with Crippen LogP contribution in [0.4, 0.5) is 5.69 Å². The molecule has 1 aromatic carbocycles. The van der Waals surface area contributed by atoms with Crippen LogP contribution in [0.1, 0.15) is 39.2 Å². The van der Waals surface area contributed by atoms with Gasteiger partial charge in [0.15, 0.2) is 0 Å². The third kappa shape index (κ3) is 2.41. The average molecular weight is 193 g/mol. The fourth-order valence-corrected chi connectivity index (χ4v) is 1.54. The Bertz CT molecular complexity index is 305. The average Bonchev–Trinajstić information content (AvgIpc) is 2.01. The van der Waals surface area contributed by atoms with E-state index >= 15 is 0 Å². The van der Waals surface area contributed by atoms with Crippen LogP contribution in [0.2, 0.25) is 0 Å². The topological polar surface area (TPSA) is 35.2 Å². The highest BCUT2D eigenvalue weighted by molar-refractivity contribution is 5.55. The van der Waals surface area contributed by atoms with Gasteiger partial charge in [-0.25, -0.2) is 0 Å². The quantitative estimate of drug-likeness (QED) is 0.748. The third-order valence-corrected chi connectivity index (χ3v) is 2.04. The van der Waals surface area contributed by atoms with Crippen LogP contribution in [0, 0.1) is 0 Å². The lowest BCUT2D eigenvalue weighted by Crippen LogP contribution is -2.09. The summed E-state index contributed by atoms with van der Waals surface area (Å²) < 4.78 is 5.71. The molecule has 2 N–H and O–H groups in total. The molecule has 1 aromatic rings. The van der Waals surface area contributed by atoms with Crippen LogP contribution in [-0.4, -0.2) is 6.10 Å².